The van der Waals surface area contributed by atoms with Gasteiger partial charge in [-0.1, -0.05) is 19.1 Å². The van der Waals surface area contributed by atoms with E-state index < -0.39 is 11.7 Å². The first kappa shape index (κ1) is 21.8. The van der Waals surface area contributed by atoms with Crippen LogP contribution in [0.5, 0.6) is 0 Å². The summed E-state index contributed by atoms with van der Waals surface area (Å²) in [7, 11) is 1.55. The van der Waals surface area contributed by atoms with Gasteiger partial charge in [0.1, 0.15) is 5.60 Å². The standard InChI is InChI=1S/C20H29N3O5/c1-13(10-21-19(26)28-20(2,3)4)16(22-12-27-5)11-23-17(24)14-8-6-7-9-15(14)18(23)25/h6-9,13,16,22H,10-12H2,1-5H3,(H,21,26)/t13?,16-/m0/s1. The summed E-state index contributed by atoms with van der Waals surface area (Å²) in [5, 5.41) is 5.91. The molecule has 28 heavy (non-hydrogen) atoms. The van der Waals surface area contributed by atoms with Crippen LogP contribution in [0.2, 0.25) is 0 Å². The van der Waals surface area contributed by atoms with E-state index in [-0.39, 0.29) is 37.0 Å². The maximum atomic E-state index is 12.6. The second-order valence-corrected chi connectivity index (χ2v) is 7.87. The lowest BCUT2D eigenvalue weighted by Crippen LogP contribution is -2.50. The number of fused-ring (bicyclic) bond motifs is 1. The highest BCUT2D eigenvalue weighted by Gasteiger charge is 2.37. The highest BCUT2D eigenvalue weighted by Crippen LogP contribution is 2.23. The van der Waals surface area contributed by atoms with Crippen molar-refractivity contribution in [3.05, 3.63) is 35.4 Å². The molecule has 0 saturated heterocycles. The molecular formula is C20H29N3O5. The maximum Gasteiger partial charge on any atom is 0.407 e. The fourth-order valence-corrected chi connectivity index (χ4v) is 2.94. The molecule has 1 aliphatic rings. The van der Waals surface area contributed by atoms with Gasteiger partial charge in [0, 0.05) is 26.2 Å². The van der Waals surface area contributed by atoms with Crippen LogP contribution in [0, 0.1) is 5.92 Å². The summed E-state index contributed by atoms with van der Waals surface area (Å²) in [5.41, 5.74) is 0.247. The Hall–Kier alpha value is -2.45. The van der Waals surface area contributed by atoms with Gasteiger partial charge >= 0.3 is 6.09 Å². The zero-order valence-corrected chi connectivity index (χ0v) is 17.1. The van der Waals surface area contributed by atoms with Crippen molar-refractivity contribution >= 4 is 17.9 Å². The van der Waals surface area contributed by atoms with Crippen LogP contribution < -0.4 is 10.6 Å². The van der Waals surface area contributed by atoms with Crippen molar-refractivity contribution in [3.63, 3.8) is 0 Å². The maximum absolute atomic E-state index is 12.6. The summed E-state index contributed by atoms with van der Waals surface area (Å²) >= 11 is 0. The summed E-state index contributed by atoms with van der Waals surface area (Å²) in [6, 6.07) is 6.52. The van der Waals surface area contributed by atoms with Crippen molar-refractivity contribution in [3.8, 4) is 0 Å². The van der Waals surface area contributed by atoms with Crippen molar-refractivity contribution in [1.82, 2.24) is 15.5 Å². The highest BCUT2D eigenvalue weighted by atomic mass is 16.6. The summed E-state index contributed by atoms with van der Waals surface area (Å²) in [5.74, 6) is -0.707. The van der Waals surface area contributed by atoms with Crippen LogP contribution in [-0.4, -0.2) is 61.4 Å². The molecule has 3 amide bonds. The second-order valence-electron chi connectivity index (χ2n) is 7.87. The molecule has 2 N–H and O–H groups in total. The Morgan fingerprint density at radius 1 is 1.14 bits per heavy atom. The van der Waals surface area contributed by atoms with Gasteiger partial charge in [0.25, 0.3) is 11.8 Å². The van der Waals surface area contributed by atoms with E-state index in [4.69, 9.17) is 9.47 Å². The van der Waals surface area contributed by atoms with Gasteiger partial charge in [-0.15, -0.1) is 0 Å². The molecule has 8 heteroatoms. The lowest BCUT2D eigenvalue weighted by Gasteiger charge is -2.29. The van der Waals surface area contributed by atoms with Gasteiger partial charge in [-0.3, -0.25) is 19.8 Å². The van der Waals surface area contributed by atoms with Crippen molar-refractivity contribution < 1.29 is 23.9 Å². The molecule has 0 aromatic heterocycles. The molecule has 1 aliphatic heterocycles. The van der Waals surface area contributed by atoms with Crippen molar-refractivity contribution in [2.24, 2.45) is 5.92 Å². The minimum atomic E-state index is -0.582. The summed E-state index contributed by atoms with van der Waals surface area (Å²) in [6.45, 7) is 8.05. The van der Waals surface area contributed by atoms with Gasteiger partial charge < -0.3 is 14.8 Å². The Kier molecular flexibility index (Phi) is 7.15. The molecule has 0 bridgehead atoms. The topological polar surface area (TPSA) is 97.0 Å². The van der Waals surface area contributed by atoms with Crippen molar-refractivity contribution in [2.45, 2.75) is 39.3 Å². The molecule has 1 aromatic carbocycles. The molecule has 1 unspecified atom stereocenters. The third-order valence-electron chi connectivity index (χ3n) is 4.40. The lowest BCUT2D eigenvalue weighted by atomic mass is 10.0. The minimum Gasteiger partial charge on any atom is -0.444 e. The fraction of sp³-hybridized carbons (Fsp3) is 0.550. The molecule has 2 atom stereocenters. The van der Waals surface area contributed by atoms with Gasteiger partial charge in [-0.25, -0.2) is 4.79 Å². The Bertz CT molecular complexity index is 694. The van der Waals surface area contributed by atoms with E-state index in [0.29, 0.717) is 17.7 Å². The number of nitrogens with one attached hydrogen (secondary N) is 2. The fourth-order valence-electron chi connectivity index (χ4n) is 2.94. The molecule has 8 nitrogen and oxygen atoms in total. The molecule has 1 heterocycles. The zero-order chi connectivity index (χ0) is 20.9. The molecular weight excluding hydrogens is 362 g/mol. The summed E-state index contributed by atoms with van der Waals surface area (Å²) in [6.07, 6.45) is -0.509. The summed E-state index contributed by atoms with van der Waals surface area (Å²) in [4.78, 5) is 38.4. The Morgan fingerprint density at radius 2 is 1.71 bits per heavy atom. The van der Waals surface area contributed by atoms with Gasteiger partial charge in [0.05, 0.1) is 17.9 Å². The predicted octanol–water partition coefficient (Wildman–Crippen LogP) is 2.01. The van der Waals surface area contributed by atoms with Gasteiger partial charge in [-0.05, 0) is 38.8 Å². The summed E-state index contributed by atoms with van der Waals surface area (Å²) < 4.78 is 10.3. The number of alkyl carbamates (subject to hydrolysis) is 1. The SMILES string of the molecule is COCN[C@@H](CN1C(=O)c2ccccc2C1=O)C(C)CNC(=O)OC(C)(C)C. The molecule has 0 spiro atoms. The number of rotatable bonds is 8. The van der Waals surface area contributed by atoms with Crippen molar-refractivity contribution in [1.29, 1.82) is 0 Å². The van der Waals surface area contributed by atoms with Crippen LogP contribution in [0.25, 0.3) is 0 Å². The largest absolute Gasteiger partial charge is 0.444 e. The highest BCUT2D eigenvalue weighted by molar-refractivity contribution is 6.21. The van der Waals surface area contributed by atoms with E-state index in [1.165, 1.54) is 4.90 Å². The number of methoxy groups -OCH3 is 1. The average Bonchev–Trinajstić information content (AvgIpc) is 2.86. The van der Waals surface area contributed by atoms with E-state index in [1.54, 1.807) is 52.1 Å². The van der Waals surface area contributed by atoms with Gasteiger partial charge in [0.15, 0.2) is 0 Å². The first-order valence-corrected chi connectivity index (χ1v) is 9.28. The lowest BCUT2D eigenvalue weighted by molar-refractivity contribution is 0.0498. The molecule has 0 radical (unpaired) electrons. The van der Waals surface area contributed by atoms with Crippen LogP contribution in [0.1, 0.15) is 48.4 Å². The van der Waals surface area contributed by atoms with E-state index in [1.807, 2.05) is 6.92 Å². The first-order chi connectivity index (χ1) is 13.1. The van der Waals surface area contributed by atoms with Crippen LogP contribution in [0.3, 0.4) is 0 Å². The Labute approximate surface area is 165 Å². The Morgan fingerprint density at radius 3 is 2.21 bits per heavy atom. The van der Waals surface area contributed by atoms with Gasteiger partial charge in [0.2, 0.25) is 0 Å². The molecule has 1 aromatic rings. The molecule has 154 valence electrons. The minimum absolute atomic E-state index is 0.0908. The van der Waals surface area contributed by atoms with Crippen LogP contribution >= 0.6 is 0 Å². The van der Waals surface area contributed by atoms with Crippen molar-refractivity contribution in [2.75, 3.05) is 26.9 Å². The number of nitrogens with zero attached hydrogens (tertiary/aromatic N) is 1. The number of benzene rings is 1. The normalized spacial score (nSPS) is 16.0. The van der Waals surface area contributed by atoms with E-state index >= 15 is 0 Å². The molecule has 0 fully saturated rings. The molecule has 0 saturated carbocycles. The van der Waals surface area contributed by atoms with Crippen LogP contribution in [0.4, 0.5) is 4.79 Å². The number of hydrogen-bond acceptors (Lipinski definition) is 6. The number of carbonyl (C=O) groups excluding carboxylic acids is 3. The third-order valence-corrected chi connectivity index (χ3v) is 4.40. The number of imide groups is 1. The average molecular weight is 391 g/mol. The zero-order valence-electron chi connectivity index (χ0n) is 17.1. The second kappa shape index (κ2) is 9.16. The number of ether oxygens (including phenoxy) is 2. The monoisotopic (exact) mass is 391 g/mol. The number of carbonyl (C=O) groups is 3. The van der Waals surface area contributed by atoms with Crippen LogP contribution in [-0.2, 0) is 9.47 Å². The van der Waals surface area contributed by atoms with E-state index in [9.17, 15) is 14.4 Å². The number of hydrogen-bond donors (Lipinski definition) is 2. The predicted molar refractivity (Wildman–Crippen MR) is 104 cm³/mol. The number of amides is 3. The third kappa shape index (κ3) is 5.53. The smallest absolute Gasteiger partial charge is 0.407 e. The van der Waals surface area contributed by atoms with Gasteiger partial charge in [-0.2, -0.15) is 0 Å². The molecule has 0 aliphatic carbocycles. The van der Waals surface area contributed by atoms with E-state index in [0.717, 1.165) is 0 Å². The van der Waals surface area contributed by atoms with Crippen LogP contribution in [0.15, 0.2) is 24.3 Å². The first-order valence-electron chi connectivity index (χ1n) is 9.28. The van der Waals surface area contributed by atoms with E-state index in [2.05, 4.69) is 10.6 Å². The quantitative estimate of drug-likeness (QED) is 0.520. The molecule has 2 rings (SSSR count). The Balaban J connectivity index is 2.02.